The number of hydrogen-bond acceptors (Lipinski definition) is 2. The van der Waals surface area contributed by atoms with E-state index in [-0.39, 0.29) is 5.91 Å². The fourth-order valence-electron chi connectivity index (χ4n) is 2.11. The molecule has 4 heteroatoms. The molecule has 0 heterocycles. The third kappa shape index (κ3) is 4.08. The van der Waals surface area contributed by atoms with Gasteiger partial charge >= 0.3 is 0 Å². The van der Waals surface area contributed by atoms with Crippen molar-refractivity contribution in [2.75, 3.05) is 11.9 Å². The number of aryl methyl sites for hydroxylation is 1. The lowest BCUT2D eigenvalue weighted by molar-refractivity contribution is 0.0951. The summed E-state index contributed by atoms with van der Waals surface area (Å²) in [4.78, 5) is 12.2. The Kier molecular flexibility index (Phi) is 5.39. The second-order valence-electron chi connectivity index (χ2n) is 4.83. The second kappa shape index (κ2) is 7.27. The fourth-order valence-corrected chi connectivity index (χ4v) is 2.54. The van der Waals surface area contributed by atoms with Gasteiger partial charge in [0, 0.05) is 28.8 Å². The second-order valence-corrected chi connectivity index (χ2v) is 5.69. The van der Waals surface area contributed by atoms with Crippen LogP contribution in [-0.2, 0) is 6.54 Å². The number of benzene rings is 2. The first-order valence-electron chi connectivity index (χ1n) is 6.98. The van der Waals surface area contributed by atoms with Gasteiger partial charge in [-0.3, -0.25) is 4.79 Å². The van der Waals surface area contributed by atoms with Gasteiger partial charge in [-0.1, -0.05) is 34.1 Å². The maximum atomic E-state index is 12.2. The van der Waals surface area contributed by atoms with Gasteiger partial charge in [-0.05, 0) is 49.2 Å². The van der Waals surface area contributed by atoms with Crippen LogP contribution in [0.1, 0.15) is 28.4 Å². The van der Waals surface area contributed by atoms with Crippen molar-refractivity contribution in [3.63, 3.8) is 0 Å². The maximum Gasteiger partial charge on any atom is 0.251 e. The molecular weight excluding hydrogens is 328 g/mol. The highest BCUT2D eigenvalue weighted by Gasteiger charge is 2.08. The first-order valence-corrected chi connectivity index (χ1v) is 7.77. The van der Waals surface area contributed by atoms with Crippen LogP contribution < -0.4 is 10.6 Å². The Balaban J connectivity index is 2.04. The van der Waals surface area contributed by atoms with Gasteiger partial charge in [0.05, 0.1) is 0 Å². The van der Waals surface area contributed by atoms with Crippen molar-refractivity contribution < 1.29 is 4.79 Å². The van der Waals surface area contributed by atoms with E-state index in [1.165, 1.54) is 0 Å². The van der Waals surface area contributed by atoms with Crippen molar-refractivity contribution in [2.45, 2.75) is 20.4 Å². The summed E-state index contributed by atoms with van der Waals surface area (Å²) >= 11 is 3.48. The molecule has 2 rings (SSSR count). The molecule has 0 saturated heterocycles. The van der Waals surface area contributed by atoms with Gasteiger partial charge in [0.1, 0.15) is 0 Å². The third-order valence-electron chi connectivity index (χ3n) is 3.25. The normalized spacial score (nSPS) is 10.2. The molecule has 2 aromatic rings. The molecule has 1 amide bonds. The lowest BCUT2D eigenvalue weighted by Gasteiger charge is -2.10. The number of amides is 1. The first-order chi connectivity index (χ1) is 10.1. The topological polar surface area (TPSA) is 41.1 Å². The highest BCUT2D eigenvalue weighted by molar-refractivity contribution is 9.10. The van der Waals surface area contributed by atoms with Gasteiger partial charge in [0.25, 0.3) is 5.91 Å². The summed E-state index contributed by atoms with van der Waals surface area (Å²) in [6.45, 7) is 5.43. The van der Waals surface area contributed by atoms with Crippen molar-refractivity contribution >= 4 is 27.5 Å². The molecule has 0 unspecified atom stereocenters. The highest BCUT2D eigenvalue weighted by Crippen LogP contribution is 2.17. The molecule has 21 heavy (non-hydrogen) atoms. The van der Waals surface area contributed by atoms with E-state index < -0.39 is 0 Å². The van der Waals surface area contributed by atoms with E-state index in [0.717, 1.165) is 27.8 Å². The molecule has 0 aliphatic carbocycles. The number of halogens is 1. The van der Waals surface area contributed by atoms with Crippen molar-refractivity contribution in [3.8, 4) is 0 Å². The van der Waals surface area contributed by atoms with E-state index in [9.17, 15) is 4.79 Å². The monoisotopic (exact) mass is 346 g/mol. The number of hydrogen-bond donors (Lipinski definition) is 2. The van der Waals surface area contributed by atoms with Crippen molar-refractivity contribution in [3.05, 3.63) is 63.6 Å². The first kappa shape index (κ1) is 15.6. The minimum Gasteiger partial charge on any atom is -0.385 e. The quantitative estimate of drug-likeness (QED) is 0.854. The summed E-state index contributed by atoms with van der Waals surface area (Å²) < 4.78 is 1.00. The van der Waals surface area contributed by atoms with E-state index in [2.05, 4.69) is 33.5 Å². The fraction of sp³-hybridized carbons (Fsp3) is 0.235. The predicted molar refractivity (Wildman–Crippen MR) is 90.7 cm³/mol. The Labute approximate surface area is 133 Å². The maximum absolute atomic E-state index is 12.2. The molecule has 0 saturated carbocycles. The van der Waals surface area contributed by atoms with Crippen LogP contribution >= 0.6 is 15.9 Å². The molecular formula is C17H19BrN2O. The Hall–Kier alpha value is -1.81. The molecule has 0 fully saturated rings. The zero-order chi connectivity index (χ0) is 15.2. The number of nitrogens with one attached hydrogen (secondary N) is 2. The Morgan fingerprint density at radius 3 is 2.62 bits per heavy atom. The van der Waals surface area contributed by atoms with Crippen LogP contribution in [0.2, 0.25) is 0 Å². The predicted octanol–water partition coefficient (Wildman–Crippen LogP) is 4.12. The summed E-state index contributed by atoms with van der Waals surface area (Å²) in [5.74, 6) is -0.0584. The molecule has 2 N–H and O–H groups in total. The summed E-state index contributed by atoms with van der Waals surface area (Å²) in [6, 6.07) is 13.6. The molecule has 0 spiro atoms. The number of anilines is 1. The Morgan fingerprint density at radius 1 is 1.19 bits per heavy atom. The van der Waals surface area contributed by atoms with Crippen LogP contribution in [0.15, 0.2) is 46.9 Å². The lowest BCUT2D eigenvalue weighted by atomic mass is 10.1. The lowest BCUT2D eigenvalue weighted by Crippen LogP contribution is -2.23. The molecule has 0 radical (unpaired) electrons. The molecule has 110 valence electrons. The van der Waals surface area contributed by atoms with Crippen LogP contribution in [-0.4, -0.2) is 12.5 Å². The average molecular weight is 347 g/mol. The van der Waals surface area contributed by atoms with Gasteiger partial charge < -0.3 is 10.6 Å². The van der Waals surface area contributed by atoms with E-state index in [4.69, 9.17) is 0 Å². The van der Waals surface area contributed by atoms with Crippen molar-refractivity contribution in [1.82, 2.24) is 5.32 Å². The van der Waals surface area contributed by atoms with Gasteiger partial charge in [0.15, 0.2) is 0 Å². The van der Waals surface area contributed by atoms with E-state index in [0.29, 0.717) is 12.1 Å². The van der Waals surface area contributed by atoms with E-state index >= 15 is 0 Å². The molecule has 0 bridgehead atoms. The van der Waals surface area contributed by atoms with Gasteiger partial charge in [0.2, 0.25) is 0 Å². The number of rotatable bonds is 5. The minimum absolute atomic E-state index is 0.0584. The molecule has 0 aromatic heterocycles. The van der Waals surface area contributed by atoms with E-state index in [1.54, 1.807) is 0 Å². The average Bonchev–Trinajstić information content (AvgIpc) is 2.48. The van der Waals surface area contributed by atoms with E-state index in [1.807, 2.05) is 49.4 Å². The molecule has 0 aliphatic heterocycles. The van der Waals surface area contributed by atoms with Crippen LogP contribution in [0.3, 0.4) is 0 Å². The van der Waals surface area contributed by atoms with Gasteiger partial charge in [-0.2, -0.15) is 0 Å². The van der Waals surface area contributed by atoms with Crippen LogP contribution in [0.25, 0.3) is 0 Å². The summed E-state index contributed by atoms with van der Waals surface area (Å²) in [7, 11) is 0. The summed E-state index contributed by atoms with van der Waals surface area (Å²) in [5.41, 5.74) is 3.89. The highest BCUT2D eigenvalue weighted by atomic mass is 79.9. The SMILES string of the molecule is CCNc1ccc(C(=O)NCc2ccccc2Br)cc1C. The van der Waals surface area contributed by atoms with Crippen LogP contribution in [0, 0.1) is 6.92 Å². The van der Waals surface area contributed by atoms with Crippen molar-refractivity contribution in [2.24, 2.45) is 0 Å². The summed E-state index contributed by atoms with van der Waals surface area (Å²) in [6.07, 6.45) is 0. The molecule has 3 nitrogen and oxygen atoms in total. The Morgan fingerprint density at radius 2 is 1.95 bits per heavy atom. The molecule has 0 aliphatic rings. The number of carbonyl (C=O) groups excluding carboxylic acids is 1. The third-order valence-corrected chi connectivity index (χ3v) is 4.03. The van der Waals surface area contributed by atoms with Gasteiger partial charge in [-0.15, -0.1) is 0 Å². The zero-order valence-electron chi connectivity index (χ0n) is 12.2. The van der Waals surface area contributed by atoms with Crippen molar-refractivity contribution in [1.29, 1.82) is 0 Å². The zero-order valence-corrected chi connectivity index (χ0v) is 13.8. The standard InChI is InChI=1S/C17H19BrN2O/c1-3-19-16-9-8-13(10-12(16)2)17(21)20-11-14-6-4-5-7-15(14)18/h4-10,19H,3,11H2,1-2H3,(H,20,21). The minimum atomic E-state index is -0.0584. The Bertz CT molecular complexity index is 640. The largest absolute Gasteiger partial charge is 0.385 e. The van der Waals surface area contributed by atoms with Crippen LogP contribution in [0.4, 0.5) is 5.69 Å². The smallest absolute Gasteiger partial charge is 0.251 e. The summed E-state index contributed by atoms with van der Waals surface area (Å²) in [5, 5.41) is 6.21. The van der Waals surface area contributed by atoms with Crippen LogP contribution in [0.5, 0.6) is 0 Å². The van der Waals surface area contributed by atoms with Gasteiger partial charge in [-0.25, -0.2) is 0 Å². The molecule has 2 aromatic carbocycles. The number of carbonyl (C=O) groups is 1. The molecule has 0 atom stereocenters.